The zero-order valence-electron chi connectivity index (χ0n) is 8.65. The van der Waals surface area contributed by atoms with Crippen molar-refractivity contribution in [2.45, 2.75) is 6.92 Å². The molecule has 0 atom stereocenters. The van der Waals surface area contributed by atoms with Gasteiger partial charge >= 0.3 is 5.97 Å². The minimum absolute atomic E-state index is 0.187. The van der Waals surface area contributed by atoms with Crippen LogP contribution in [0.25, 0.3) is 0 Å². The molecule has 1 saturated heterocycles. The highest BCUT2D eigenvalue weighted by Gasteiger charge is 2.41. The summed E-state index contributed by atoms with van der Waals surface area (Å²) in [7, 11) is 0. The molecule has 5 heteroatoms. The lowest BCUT2D eigenvalue weighted by molar-refractivity contribution is -0.183. The second-order valence-corrected chi connectivity index (χ2v) is 3.76. The summed E-state index contributed by atoms with van der Waals surface area (Å²) < 4.78 is 14.7. The van der Waals surface area contributed by atoms with Crippen LogP contribution in [0.1, 0.15) is 6.92 Å². The van der Waals surface area contributed by atoms with E-state index in [-0.39, 0.29) is 18.6 Å². The number of ether oxygens (including phenoxy) is 3. The predicted molar refractivity (Wildman–Crippen MR) is 51.0 cm³/mol. The Morgan fingerprint density at radius 3 is 2.60 bits per heavy atom. The van der Waals surface area contributed by atoms with Gasteiger partial charge in [-0.15, -0.1) is 0 Å². The van der Waals surface area contributed by atoms with Crippen molar-refractivity contribution in [3.63, 3.8) is 0 Å². The molecule has 0 aromatic heterocycles. The van der Waals surface area contributed by atoms with E-state index in [1.807, 2.05) is 0 Å². The van der Waals surface area contributed by atoms with E-state index in [1.54, 1.807) is 6.92 Å². The Morgan fingerprint density at radius 1 is 1.53 bits per heavy atom. The first-order chi connectivity index (χ1) is 7.09. The minimum Gasteiger partial charge on any atom is -0.467 e. The molecule has 0 aromatic carbocycles. The third-order valence-electron chi connectivity index (χ3n) is 2.13. The smallest absolute Gasteiger partial charge is 0.333 e. The lowest BCUT2D eigenvalue weighted by Crippen LogP contribution is -2.50. The molecule has 1 rings (SSSR count). The van der Waals surface area contributed by atoms with Crippen molar-refractivity contribution in [3.05, 3.63) is 12.2 Å². The van der Waals surface area contributed by atoms with Crippen molar-refractivity contribution in [1.29, 1.82) is 0 Å². The minimum atomic E-state index is -0.438. The molecule has 0 bridgehead atoms. The Balaban J connectivity index is 2.36. The first-order valence-electron chi connectivity index (χ1n) is 4.55. The summed E-state index contributed by atoms with van der Waals surface area (Å²) in [5.41, 5.74) is -0.0202. The Labute approximate surface area is 88.0 Å². The van der Waals surface area contributed by atoms with Crippen molar-refractivity contribution in [2.24, 2.45) is 5.41 Å². The summed E-state index contributed by atoms with van der Waals surface area (Å²) in [6.45, 7) is 6.69. The van der Waals surface area contributed by atoms with Gasteiger partial charge in [-0.25, -0.2) is 4.79 Å². The summed E-state index contributed by atoms with van der Waals surface area (Å²) in [5.74, 6) is -0.438. The molecular weight excluding hydrogens is 200 g/mol. The van der Waals surface area contributed by atoms with Crippen molar-refractivity contribution >= 4 is 12.4 Å². The van der Waals surface area contributed by atoms with Gasteiger partial charge in [-0.2, -0.15) is 0 Å². The predicted octanol–water partition coefficient (Wildman–Crippen LogP) is 0.295. The number of hydrogen-bond acceptors (Lipinski definition) is 5. The van der Waals surface area contributed by atoms with Crippen LogP contribution in [0.2, 0.25) is 0 Å². The topological polar surface area (TPSA) is 61.8 Å². The maximum absolute atomic E-state index is 11.1. The van der Waals surface area contributed by atoms with E-state index < -0.39 is 5.97 Å². The van der Waals surface area contributed by atoms with E-state index in [9.17, 15) is 9.59 Å². The zero-order valence-corrected chi connectivity index (χ0v) is 8.65. The highest BCUT2D eigenvalue weighted by atomic mass is 16.6. The van der Waals surface area contributed by atoms with Crippen LogP contribution in [-0.2, 0) is 23.8 Å². The first kappa shape index (κ1) is 11.7. The molecular formula is C10H14O5. The summed E-state index contributed by atoms with van der Waals surface area (Å²) in [6.07, 6.45) is 0. The quantitative estimate of drug-likeness (QED) is 0.361. The molecule has 5 nitrogen and oxygen atoms in total. The van der Waals surface area contributed by atoms with Crippen LogP contribution in [-0.4, -0.2) is 38.9 Å². The second-order valence-electron chi connectivity index (χ2n) is 3.76. The van der Waals surface area contributed by atoms with Gasteiger partial charge in [0.05, 0.1) is 18.6 Å². The number of esters is 1. The molecule has 0 N–H and O–H groups in total. The molecule has 1 fully saturated rings. The Kier molecular flexibility index (Phi) is 3.85. The van der Waals surface area contributed by atoms with Crippen molar-refractivity contribution in [1.82, 2.24) is 0 Å². The van der Waals surface area contributed by atoms with Crippen LogP contribution < -0.4 is 0 Å². The van der Waals surface area contributed by atoms with Crippen LogP contribution in [0.4, 0.5) is 0 Å². The van der Waals surface area contributed by atoms with Crippen LogP contribution in [0.15, 0.2) is 12.2 Å². The Hall–Kier alpha value is -1.36. The fourth-order valence-electron chi connectivity index (χ4n) is 1.15. The maximum Gasteiger partial charge on any atom is 0.333 e. The molecule has 1 aliphatic heterocycles. The molecule has 0 saturated carbocycles. The largest absolute Gasteiger partial charge is 0.467 e. The summed E-state index contributed by atoms with van der Waals surface area (Å²) in [4.78, 5) is 21.2. The number of carbonyl (C=O) groups is 2. The van der Waals surface area contributed by atoms with E-state index >= 15 is 0 Å². The van der Waals surface area contributed by atoms with Gasteiger partial charge in [0.2, 0.25) is 0 Å². The standard InChI is InChI=1S/C10H14O5/c1-8(2)9(12)15-6-10(3-13-4-10)5-14-7-11/h7H,1,3-6H2,2H3. The van der Waals surface area contributed by atoms with Gasteiger partial charge in [0.1, 0.15) is 13.2 Å². The third-order valence-corrected chi connectivity index (χ3v) is 2.13. The van der Waals surface area contributed by atoms with E-state index in [0.29, 0.717) is 25.3 Å². The van der Waals surface area contributed by atoms with E-state index in [1.165, 1.54) is 0 Å². The fourth-order valence-corrected chi connectivity index (χ4v) is 1.15. The van der Waals surface area contributed by atoms with Gasteiger partial charge in [0.25, 0.3) is 6.47 Å². The van der Waals surface area contributed by atoms with Crippen LogP contribution >= 0.6 is 0 Å². The zero-order chi connectivity index (χ0) is 11.3. The van der Waals surface area contributed by atoms with Gasteiger partial charge < -0.3 is 14.2 Å². The highest BCUT2D eigenvalue weighted by Crippen LogP contribution is 2.28. The van der Waals surface area contributed by atoms with Crippen LogP contribution in [0.5, 0.6) is 0 Å². The van der Waals surface area contributed by atoms with Crippen molar-refractivity contribution in [2.75, 3.05) is 26.4 Å². The molecule has 0 spiro atoms. The average Bonchev–Trinajstić information content (AvgIpc) is 2.15. The molecule has 0 aliphatic carbocycles. The molecule has 1 heterocycles. The molecule has 0 aromatic rings. The number of rotatable bonds is 6. The van der Waals surface area contributed by atoms with Gasteiger partial charge in [-0.1, -0.05) is 6.58 Å². The first-order valence-corrected chi connectivity index (χ1v) is 4.55. The lowest BCUT2D eigenvalue weighted by Gasteiger charge is -2.39. The van der Waals surface area contributed by atoms with Crippen LogP contribution in [0.3, 0.4) is 0 Å². The average molecular weight is 214 g/mol. The summed E-state index contributed by atoms with van der Waals surface area (Å²) in [6, 6.07) is 0. The third kappa shape index (κ3) is 3.06. The molecule has 0 unspecified atom stereocenters. The van der Waals surface area contributed by atoms with Crippen LogP contribution in [0, 0.1) is 5.41 Å². The Morgan fingerprint density at radius 2 is 2.20 bits per heavy atom. The van der Waals surface area contributed by atoms with Crippen molar-refractivity contribution < 1.29 is 23.8 Å². The molecule has 84 valence electrons. The molecule has 0 radical (unpaired) electrons. The van der Waals surface area contributed by atoms with E-state index in [2.05, 4.69) is 11.3 Å². The van der Waals surface area contributed by atoms with Gasteiger partial charge in [0, 0.05) is 5.57 Å². The molecule has 1 aliphatic rings. The SMILES string of the molecule is C=C(C)C(=O)OCC1(COC=O)COC1. The van der Waals surface area contributed by atoms with E-state index in [4.69, 9.17) is 9.47 Å². The molecule has 15 heavy (non-hydrogen) atoms. The monoisotopic (exact) mass is 214 g/mol. The Bertz CT molecular complexity index is 267. The summed E-state index contributed by atoms with van der Waals surface area (Å²) >= 11 is 0. The maximum atomic E-state index is 11.1. The fraction of sp³-hybridized carbons (Fsp3) is 0.600. The number of hydrogen-bond donors (Lipinski definition) is 0. The normalized spacial score (nSPS) is 17.4. The van der Waals surface area contributed by atoms with E-state index in [0.717, 1.165) is 0 Å². The second kappa shape index (κ2) is 4.93. The molecule has 0 amide bonds. The summed E-state index contributed by atoms with van der Waals surface area (Å²) in [5, 5.41) is 0. The highest BCUT2D eigenvalue weighted by molar-refractivity contribution is 5.86. The lowest BCUT2D eigenvalue weighted by atomic mass is 9.88. The van der Waals surface area contributed by atoms with Gasteiger partial charge in [-0.05, 0) is 6.92 Å². The number of carbonyl (C=O) groups excluding carboxylic acids is 2. The van der Waals surface area contributed by atoms with Gasteiger partial charge in [0.15, 0.2) is 0 Å². The van der Waals surface area contributed by atoms with Crippen molar-refractivity contribution in [3.8, 4) is 0 Å². The van der Waals surface area contributed by atoms with Gasteiger partial charge in [-0.3, -0.25) is 4.79 Å².